The molecule has 1 aliphatic heterocycles. The van der Waals surface area contributed by atoms with Crippen LogP contribution in [0.1, 0.15) is 47.1 Å². The number of hydrogen-bond acceptors (Lipinski definition) is 5. The first-order chi connectivity index (χ1) is 14.4. The van der Waals surface area contributed by atoms with Crippen molar-refractivity contribution in [2.45, 2.75) is 70.0 Å². The number of fused-ring (bicyclic) bond motifs is 1. The van der Waals surface area contributed by atoms with Crippen molar-refractivity contribution < 1.29 is 14.3 Å². The van der Waals surface area contributed by atoms with Crippen molar-refractivity contribution in [1.82, 2.24) is 10.0 Å². The van der Waals surface area contributed by atoms with E-state index in [9.17, 15) is 9.59 Å². The van der Waals surface area contributed by atoms with Crippen LogP contribution in [0.4, 0.5) is 16.2 Å². The zero-order valence-corrected chi connectivity index (χ0v) is 19.8. The molecule has 166 valence electrons. The van der Waals surface area contributed by atoms with Crippen LogP contribution >= 0.6 is 11.9 Å². The van der Waals surface area contributed by atoms with Gasteiger partial charge in [-0.25, -0.2) is 4.79 Å². The van der Waals surface area contributed by atoms with Gasteiger partial charge in [0.25, 0.3) is 5.91 Å². The van der Waals surface area contributed by atoms with E-state index in [2.05, 4.69) is 30.8 Å². The van der Waals surface area contributed by atoms with Crippen LogP contribution < -0.4 is 14.9 Å². The number of carbonyl (C=O) groups excluding carboxylic acids is 2. The Morgan fingerprint density at radius 1 is 1.03 bits per heavy atom. The molecule has 1 aliphatic rings. The second-order valence-electron chi connectivity index (χ2n) is 9.65. The Kier molecular flexibility index (Phi) is 6.67. The van der Waals surface area contributed by atoms with Gasteiger partial charge in [-0.1, -0.05) is 18.2 Å². The predicted octanol–water partition coefficient (Wildman–Crippen LogP) is 5.20. The van der Waals surface area contributed by atoms with Gasteiger partial charge in [0.15, 0.2) is 0 Å². The Bertz CT molecular complexity index is 946. The van der Waals surface area contributed by atoms with Crippen molar-refractivity contribution in [3.05, 3.63) is 54.1 Å². The van der Waals surface area contributed by atoms with Gasteiger partial charge >= 0.3 is 6.09 Å². The zero-order chi connectivity index (χ0) is 22.8. The van der Waals surface area contributed by atoms with Crippen LogP contribution in [0.15, 0.2) is 53.4 Å². The second-order valence-corrected chi connectivity index (χ2v) is 10.5. The number of alkyl carbamates (subject to hydrolysis) is 1. The van der Waals surface area contributed by atoms with Gasteiger partial charge in [0.2, 0.25) is 0 Å². The van der Waals surface area contributed by atoms with Gasteiger partial charge in [-0.15, -0.1) is 0 Å². The fourth-order valence-corrected chi connectivity index (χ4v) is 3.88. The molecule has 31 heavy (non-hydrogen) atoms. The minimum absolute atomic E-state index is 0.00827. The van der Waals surface area contributed by atoms with E-state index >= 15 is 0 Å². The Hall–Kier alpha value is -2.51. The Labute approximate surface area is 188 Å². The highest BCUT2D eigenvalue weighted by molar-refractivity contribution is 7.97. The average Bonchev–Trinajstić information content (AvgIpc) is 2.66. The fourth-order valence-electron chi connectivity index (χ4n) is 3.19. The molecule has 2 aromatic rings. The molecule has 1 unspecified atom stereocenters. The van der Waals surface area contributed by atoms with Crippen molar-refractivity contribution in [3.63, 3.8) is 0 Å². The number of benzene rings is 2. The first-order valence-electron chi connectivity index (χ1n) is 10.4. The van der Waals surface area contributed by atoms with Gasteiger partial charge in [-0.3, -0.25) is 14.4 Å². The molecule has 0 aliphatic carbocycles. The monoisotopic (exact) mass is 441 g/mol. The smallest absolute Gasteiger partial charge is 0.408 e. The lowest BCUT2D eigenvalue weighted by Crippen LogP contribution is -2.52. The summed E-state index contributed by atoms with van der Waals surface area (Å²) in [6.07, 6.45) is -0.168. The van der Waals surface area contributed by atoms with Crippen molar-refractivity contribution in [1.29, 1.82) is 0 Å². The van der Waals surface area contributed by atoms with Crippen LogP contribution in [0.3, 0.4) is 0 Å². The van der Waals surface area contributed by atoms with Crippen molar-refractivity contribution >= 4 is 35.3 Å². The Morgan fingerprint density at radius 3 is 2.29 bits per heavy atom. The fraction of sp³-hybridized carbons (Fsp3) is 0.417. The SMILES string of the molecule is CC(C)(C)NSc1ccc(N2C(=O)C(NC(=O)OC(C)(C)C)Cc3ccccc32)cc1. The van der Waals surface area contributed by atoms with E-state index in [0.717, 1.165) is 21.8 Å². The molecule has 7 heteroatoms. The highest BCUT2D eigenvalue weighted by Gasteiger charge is 2.35. The highest BCUT2D eigenvalue weighted by Crippen LogP contribution is 2.35. The molecule has 1 heterocycles. The molecule has 3 rings (SSSR count). The van der Waals surface area contributed by atoms with Crippen molar-refractivity contribution in [3.8, 4) is 0 Å². The molecular formula is C24H31N3O3S. The summed E-state index contributed by atoms with van der Waals surface area (Å²) in [5.74, 6) is -0.183. The minimum atomic E-state index is -0.693. The van der Waals surface area contributed by atoms with E-state index in [1.807, 2.05) is 48.5 Å². The molecule has 2 amide bonds. The molecule has 2 N–H and O–H groups in total. The van der Waals surface area contributed by atoms with E-state index in [0.29, 0.717) is 6.42 Å². The lowest BCUT2D eigenvalue weighted by Gasteiger charge is -2.35. The van der Waals surface area contributed by atoms with E-state index in [-0.39, 0.29) is 11.4 Å². The Balaban J connectivity index is 1.84. The summed E-state index contributed by atoms with van der Waals surface area (Å²) in [7, 11) is 0. The average molecular weight is 442 g/mol. The molecule has 0 aromatic heterocycles. The summed E-state index contributed by atoms with van der Waals surface area (Å²) in [6.45, 7) is 11.7. The van der Waals surface area contributed by atoms with Crippen LogP contribution in [-0.4, -0.2) is 29.2 Å². The molecule has 0 saturated carbocycles. The van der Waals surface area contributed by atoms with Gasteiger partial charge in [-0.05, 0) is 89.4 Å². The first-order valence-corrected chi connectivity index (χ1v) is 11.2. The number of ether oxygens (including phenoxy) is 1. The molecule has 0 saturated heterocycles. The van der Waals surface area contributed by atoms with E-state index < -0.39 is 17.7 Å². The first kappa shape index (κ1) is 23.2. The van der Waals surface area contributed by atoms with Gasteiger partial charge in [0, 0.05) is 22.5 Å². The van der Waals surface area contributed by atoms with E-state index in [4.69, 9.17) is 4.74 Å². The third-order valence-corrected chi connectivity index (χ3v) is 5.66. The molecule has 0 bridgehead atoms. The number of nitrogens with one attached hydrogen (secondary N) is 2. The number of para-hydroxylation sites is 1. The lowest BCUT2D eigenvalue weighted by molar-refractivity contribution is -0.120. The summed E-state index contributed by atoms with van der Waals surface area (Å²) in [5, 5.41) is 2.75. The van der Waals surface area contributed by atoms with E-state index in [1.54, 1.807) is 37.6 Å². The molecule has 1 atom stereocenters. The molecular weight excluding hydrogens is 410 g/mol. The summed E-state index contributed by atoms with van der Waals surface area (Å²) in [5.41, 5.74) is 1.95. The van der Waals surface area contributed by atoms with Gasteiger partial charge < -0.3 is 10.1 Å². The van der Waals surface area contributed by atoms with E-state index in [1.165, 1.54) is 0 Å². The normalized spacial score (nSPS) is 16.6. The quantitative estimate of drug-likeness (QED) is 0.639. The summed E-state index contributed by atoms with van der Waals surface area (Å²) >= 11 is 1.56. The number of nitrogens with zero attached hydrogens (tertiary/aromatic N) is 1. The second kappa shape index (κ2) is 8.93. The largest absolute Gasteiger partial charge is 0.444 e. The summed E-state index contributed by atoms with van der Waals surface area (Å²) < 4.78 is 8.74. The van der Waals surface area contributed by atoms with Crippen molar-refractivity contribution in [2.75, 3.05) is 4.90 Å². The number of rotatable bonds is 4. The van der Waals surface area contributed by atoms with Crippen LogP contribution in [0, 0.1) is 0 Å². The van der Waals surface area contributed by atoms with Crippen LogP contribution in [0.25, 0.3) is 0 Å². The number of amides is 2. The Morgan fingerprint density at radius 2 is 1.68 bits per heavy atom. The maximum absolute atomic E-state index is 13.4. The third-order valence-electron chi connectivity index (χ3n) is 4.44. The summed E-state index contributed by atoms with van der Waals surface area (Å²) in [4.78, 5) is 28.4. The molecule has 0 spiro atoms. The number of carbonyl (C=O) groups is 2. The number of anilines is 2. The maximum Gasteiger partial charge on any atom is 0.408 e. The van der Waals surface area contributed by atoms with Gasteiger partial charge in [0.1, 0.15) is 11.6 Å². The summed E-state index contributed by atoms with van der Waals surface area (Å²) in [6, 6.07) is 14.9. The maximum atomic E-state index is 13.4. The minimum Gasteiger partial charge on any atom is -0.444 e. The molecule has 0 fully saturated rings. The standard InChI is InChI=1S/C24H31N3O3S/c1-23(2,3)26-31-18-13-11-17(12-14-18)27-20-10-8-7-9-16(20)15-19(21(27)28)25-22(29)30-24(4,5)6/h7-14,19,26H,15H2,1-6H3,(H,25,29). The van der Waals surface area contributed by atoms with Gasteiger partial charge in [-0.2, -0.15) is 0 Å². The predicted molar refractivity (Wildman–Crippen MR) is 126 cm³/mol. The third kappa shape index (κ3) is 6.24. The van der Waals surface area contributed by atoms with Crippen molar-refractivity contribution in [2.24, 2.45) is 0 Å². The van der Waals surface area contributed by atoms with Crippen LogP contribution in [-0.2, 0) is 16.0 Å². The molecule has 0 radical (unpaired) electrons. The highest BCUT2D eigenvalue weighted by atomic mass is 32.2. The topological polar surface area (TPSA) is 70.7 Å². The van der Waals surface area contributed by atoms with Crippen LogP contribution in [0.2, 0.25) is 0 Å². The lowest BCUT2D eigenvalue weighted by atomic mass is 9.96. The van der Waals surface area contributed by atoms with Crippen LogP contribution in [0.5, 0.6) is 0 Å². The zero-order valence-electron chi connectivity index (χ0n) is 19.0. The van der Waals surface area contributed by atoms with Gasteiger partial charge in [0.05, 0.1) is 5.69 Å². The number of hydrogen-bond donors (Lipinski definition) is 2. The molecule has 2 aromatic carbocycles. The molecule has 6 nitrogen and oxygen atoms in total.